The zero-order valence-corrected chi connectivity index (χ0v) is 14.7. The van der Waals surface area contributed by atoms with E-state index in [2.05, 4.69) is 9.71 Å². The lowest BCUT2D eigenvalue weighted by Gasteiger charge is -2.32. The van der Waals surface area contributed by atoms with Crippen molar-refractivity contribution in [1.82, 2.24) is 9.71 Å². The van der Waals surface area contributed by atoms with E-state index < -0.39 is 21.1 Å². The SMILES string of the molecule is O=S(=O)(NC1CCN(c2ncc(C(F)(F)F)s2)CC1)c1ccccc1. The lowest BCUT2D eigenvalue weighted by molar-refractivity contribution is -0.134. The molecule has 3 rings (SSSR count). The third-order valence-electron chi connectivity index (χ3n) is 3.91. The molecule has 0 saturated carbocycles. The Bertz CT molecular complexity index is 814. The van der Waals surface area contributed by atoms with Gasteiger partial charge in [-0.3, -0.25) is 0 Å². The van der Waals surface area contributed by atoms with Crippen molar-refractivity contribution in [3.05, 3.63) is 41.4 Å². The Labute approximate surface area is 147 Å². The quantitative estimate of drug-likeness (QED) is 0.870. The highest BCUT2D eigenvalue weighted by atomic mass is 32.2. The fourth-order valence-corrected chi connectivity index (χ4v) is 4.78. The summed E-state index contributed by atoms with van der Waals surface area (Å²) in [6.07, 6.45) is -2.54. The van der Waals surface area contributed by atoms with Crippen LogP contribution in [0.15, 0.2) is 41.4 Å². The number of thiazole rings is 1. The summed E-state index contributed by atoms with van der Waals surface area (Å²) in [5, 5.41) is 0.316. The highest BCUT2D eigenvalue weighted by molar-refractivity contribution is 7.89. The molecule has 1 aliphatic heterocycles. The first-order chi connectivity index (χ1) is 11.8. The smallest absolute Gasteiger partial charge is 0.348 e. The van der Waals surface area contributed by atoms with Gasteiger partial charge in [0, 0.05) is 19.1 Å². The maximum absolute atomic E-state index is 12.7. The number of benzene rings is 1. The molecule has 0 aliphatic carbocycles. The first kappa shape index (κ1) is 18.2. The van der Waals surface area contributed by atoms with E-state index in [-0.39, 0.29) is 10.9 Å². The molecule has 25 heavy (non-hydrogen) atoms. The zero-order valence-electron chi connectivity index (χ0n) is 13.0. The fourth-order valence-electron chi connectivity index (χ4n) is 2.62. The summed E-state index contributed by atoms with van der Waals surface area (Å²) in [6.45, 7) is 0.902. The number of aromatic nitrogens is 1. The van der Waals surface area contributed by atoms with Crippen LogP contribution in [0.3, 0.4) is 0 Å². The molecular formula is C15H16F3N3O2S2. The molecule has 1 aliphatic rings. The van der Waals surface area contributed by atoms with Crippen LogP contribution in [0.2, 0.25) is 0 Å². The molecule has 1 fully saturated rings. The van der Waals surface area contributed by atoms with E-state index >= 15 is 0 Å². The molecule has 0 bridgehead atoms. The van der Waals surface area contributed by atoms with Crippen LogP contribution in [0.1, 0.15) is 17.7 Å². The van der Waals surface area contributed by atoms with E-state index in [0.717, 1.165) is 6.20 Å². The van der Waals surface area contributed by atoms with Gasteiger partial charge in [-0.2, -0.15) is 13.2 Å². The Morgan fingerprint density at radius 3 is 2.36 bits per heavy atom. The highest BCUT2D eigenvalue weighted by Crippen LogP contribution is 2.36. The van der Waals surface area contributed by atoms with E-state index in [4.69, 9.17) is 0 Å². The minimum Gasteiger partial charge on any atom is -0.348 e. The number of nitrogens with zero attached hydrogens (tertiary/aromatic N) is 2. The topological polar surface area (TPSA) is 62.3 Å². The Kier molecular flexibility index (Phi) is 5.03. The lowest BCUT2D eigenvalue weighted by Crippen LogP contribution is -2.44. The fraction of sp³-hybridized carbons (Fsp3) is 0.400. The molecule has 1 saturated heterocycles. The van der Waals surface area contributed by atoms with Crippen molar-refractivity contribution in [3.63, 3.8) is 0 Å². The third-order valence-corrected chi connectivity index (χ3v) is 6.55. The second-order valence-electron chi connectivity index (χ2n) is 5.70. The standard InChI is InChI=1S/C15H16F3N3O2S2/c16-15(17,18)13-10-19-14(24-13)21-8-6-11(7-9-21)20-25(22,23)12-4-2-1-3-5-12/h1-5,10-11,20H,6-9H2. The van der Waals surface area contributed by atoms with Gasteiger partial charge in [0.25, 0.3) is 0 Å². The predicted molar refractivity (Wildman–Crippen MR) is 89.1 cm³/mol. The second-order valence-corrected chi connectivity index (χ2v) is 8.42. The van der Waals surface area contributed by atoms with Gasteiger partial charge in [-0.1, -0.05) is 29.5 Å². The molecule has 2 heterocycles. The molecule has 0 unspecified atom stereocenters. The number of piperidine rings is 1. The average Bonchev–Trinajstić information content (AvgIpc) is 3.06. The van der Waals surface area contributed by atoms with E-state index in [1.807, 2.05) is 0 Å². The third kappa shape index (κ3) is 4.31. The highest BCUT2D eigenvalue weighted by Gasteiger charge is 2.34. The first-order valence-electron chi connectivity index (χ1n) is 7.61. The van der Waals surface area contributed by atoms with Gasteiger partial charge in [0.15, 0.2) is 5.13 Å². The van der Waals surface area contributed by atoms with E-state index in [1.165, 1.54) is 12.1 Å². The molecule has 1 aromatic carbocycles. The average molecular weight is 391 g/mol. The van der Waals surface area contributed by atoms with Gasteiger partial charge in [-0.15, -0.1) is 0 Å². The van der Waals surface area contributed by atoms with Crippen molar-refractivity contribution in [2.24, 2.45) is 0 Å². The van der Waals surface area contributed by atoms with Gasteiger partial charge in [-0.25, -0.2) is 18.1 Å². The normalized spacial score (nSPS) is 17.0. The summed E-state index contributed by atoms with van der Waals surface area (Å²) >= 11 is 0.609. The molecular weight excluding hydrogens is 375 g/mol. The molecule has 0 amide bonds. The van der Waals surface area contributed by atoms with Gasteiger partial charge in [0.2, 0.25) is 10.0 Å². The molecule has 1 N–H and O–H groups in total. The molecule has 0 radical (unpaired) electrons. The Balaban J connectivity index is 1.60. The monoisotopic (exact) mass is 391 g/mol. The maximum Gasteiger partial charge on any atom is 0.427 e. The summed E-state index contributed by atoms with van der Waals surface area (Å²) in [7, 11) is -3.59. The number of anilines is 1. The van der Waals surface area contributed by atoms with Crippen LogP contribution < -0.4 is 9.62 Å². The summed E-state index contributed by atoms with van der Waals surface area (Å²) < 4.78 is 65.2. The van der Waals surface area contributed by atoms with E-state index in [1.54, 1.807) is 23.1 Å². The number of hydrogen-bond donors (Lipinski definition) is 1. The zero-order chi connectivity index (χ0) is 18.1. The van der Waals surface area contributed by atoms with Crippen molar-refractivity contribution in [3.8, 4) is 0 Å². The van der Waals surface area contributed by atoms with Crippen LogP contribution in [-0.4, -0.2) is 32.5 Å². The molecule has 5 nitrogen and oxygen atoms in total. The molecule has 1 aromatic heterocycles. The number of halogens is 3. The van der Waals surface area contributed by atoms with Gasteiger partial charge in [0.1, 0.15) is 4.88 Å². The van der Waals surface area contributed by atoms with Crippen molar-refractivity contribution < 1.29 is 21.6 Å². The van der Waals surface area contributed by atoms with E-state index in [0.29, 0.717) is 42.4 Å². The maximum atomic E-state index is 12.7. The van der Waals surface area contributed by atoms with Crippen LogP contribution in [0.5, 0.6) is 0 Å². The molecule has 0 spiro atoms. The Morgan fingerprint density at radius 2 is 1.80 bits per heavy atom. The summed E-state index contributed by atoms with van der Waals surface area (Å²) in [5.41, 5.74) is 0. The molecule has 136 valence electrons. The van der Waals surface area contributed by atoms with Crippen LogP contribution in [-0.2, 0) is 16.2 Å². The summed E-state index contributed by atoms with van der Waals surface area (Å²) in [5.74, 6) is 0. The van der Waals surface area contributed by atoms with Crippen molar-refractivity contribution in [1.29, 1.82) is 0 Å². The second kappa shape index (κ2) is 6.93. The van der Waals surface area contributed by atoms with Crippen LogP contribution in [0, 0.1) is 0 Å². The van der Waals surface area contributed by atoms with Crippen molar-refractivity contribution in [2.75, 3.05) is 18.0 Å². The van der Waals surface area contributed by atoms with Gasteiger partial charge < -0.3 is 4.90 Å². The van der Waals surface area contributed by atoms with Crippen LogP contribution in [0.4, 0.5) is 18.3 Å². The van der Waals surface area contributed by atoms with Crippen molar-refractivity contribution in [2.45, 2.75) is 30.0 Å². The largest absolute Gasteiger partial charge is 0.427 e. The first-order valence-corrected chi connectivity index (χ1v) is 9.91. The predicted octanol–water partition coefficient (Wildman–Crippen LogP) is 3.11. The number of hydrogen-bond acceptors (Lipinski definition) is 5. The Hall–Kier alpha value is -1.65. The minimum absolute atomic E-state index is 0.201. The van der Waals surface area contributed by atoms with Gasteiger partial charge in [0.05, 0.1) is 11.1 Å². The Morgan fingerprint density at radius 1 is 1.16 bits per heavy atom. The van der Waals surface area contributed by atoms with Gasteiger partial charge in [-0.05, 0) is 25.0 Å². The molecule has 0 atom stereocenters. The molecule has 10 heteroatoms. The van der Waals surface area contributed by atoms with Crippen LogP contribution in [0.25, 0.3) is 0 Å². The number of nitrogens with one attached hydrogen (secondary N) is 1. The lowest BCUT2D eigenvalue weighted by atomic mass is 10.1. The van der Waals surface area contributed by atoms with Crippen molar-refractivity contribution >= 4 is 26.5 Å². The summed E-state index contributed by atoms with van der Waals surface area (Å²) in [6, 6.07) is 7.83. The van der Waals surface area contributed by atoms with Gasteiger partial charge >= 0.3 is 6.18 Å². The molecule has 2 aromatic rings. The number of sulfonamides is 1. The van der Waals surface area contributed by atoms with Crippen LogP contribution >= 0.6 is 11.3 Å². The summed E-state index contributed by atoms with van der Waals surface area (Å²) in [4.78, 5) is 5.07. The number of alkyl halides is 3. The minimum atomic E-state index is -4.39. The van der Waals surface area contributed by atoms with E-state index in [9.17, 15) is 21.6 Å². The number of rotatable bonds is 4.